The third-order valence-corrected chi connectivity index (χ3v) is 3.79. The van der Waals surface area contributed by atoms with Crippen molar-refractivity contribution < 1.29 is 13.9 Å². The normalized spacial score (nSPS) is 10.2. The lowest BCUT2D eigenvalue weighted by molar-refractivity contribution is 0.0950. The Hall–Kier alpha value is -3.41. The molecule has 0 unspecified atom stereocenters. The van der Waals surface area contributed by atoms with E-state index in [0.717, 1.165) is 5.56 Å². The van der Waals surface area contributed by atoms with Gasteiger partial charge in [0.15, 0.2) is 0 Å². The molecule has 2 N–H and O–H groups in total. The Kier molecular flexibility index (Phi) is 5.43. The summed E-state index contributed by atoms with van der Waals surface area (Å²) in [6.45, 7) is 0.335. The van der Waals surface area contributed by atoms with Crippen LogP contribution in [0.25, 0.3) is 0 Å². The van der Waals surface area contributed by atoms with Gasteiger partial charge >= 0.3 is 0 Å². The zero-order valence-electron chi connectivity index (χ0n) is 14.2. The number of methoxy groups -OCH3 is 1. The molecule has 3 rings (SSSR count). The van der Waals surface area contributed by atoms with Gasteiger partial charge in [-0.3, -0.25) is 4.79 Å². The van der Waals surface area contributed by atoms with Gasteiger partial charge in [0, 0.05) is 23.9 Å². The van der Waals surface area contributed by atoms with Crippen LogP contribution in [0.2, 0.25) is 0 Å². The minimum Gasteiger partial charge on any atom is -0.496 e. The number of hydrogen-bond donors (Lipinski definition) is 2. The molecule has 1 amide bonds. The van der Waals surface area contributed by atoms with Gasteiger partial charge in [0.05, 0.1) is 12.8 Å². The van der Waals surface area contributed by atoms with Gasteiger partial charge in [-0.05, 0) is 30.3 Å². The highest BCUT2D eigenvalue weighted by molar-refractivity contribution is 5.94. The zero-order valence-corrected chi connectivity index (χ0v) is 14.2. The number of hydrogen-bond acceptors (Lipinski definition) is 4. The minimum atomic E-state index is -0.389. The van der Waals surface area contributed by atoms with Crippen LogP contribution < -0.4 is 15.4 Å². The molecule has 1 heterocycles. The van der Waals surface area contributed by atoms with E-state index in [1.165, 1.54) is 12.3 Å². The van der Waals surface area contributed by atoms with Gasteiger partial charge < -0.3 is 15.4 Å². The highest BCUT2D eigenvalue weighted by Crippen LogP contribution is 2.19. The second-order valence-corrected chi connectivity index (χ2v) is 5.53. The highest BCUT2D eigenvalue weighted by Gasteiger charge is 2.09. The van der Waals surface area contributed by atoms with Gasteiger partial charge in [0.2, 0.25) is 0 Å². The lowest BCUT2D eigenvalue weighted by Crippen LogP contribution is -2.23. The van der Waals surface area contributed by atoms with Gasteiger partial charge in [0.25, 0.3) is 5.91 Å². The number of benzene rings is 2. The Morgan fingerprint density at radius 3 is 2.69 bits per heavy atom. The number of nitrogens with one attached hydrogen (secondary N) is 2. The van der Waals surface area contributed by atoms with Gasteiger partial charge in [0.1, 0.15) is 17.4 Å². The van der Waals surface area contributed by atoms with E-state index in [0.29, 0.717) is 29.4 Å². The maximum Gasteiger partial charge on any atom is 0.251 e. The maximum absolute atomic E-state index is 13.7. The van der Waals surface area contributed by atoms with E-state index in [2.05, 4.69) is 15.6 Å². The van der Waals surface area contributed by atoms with E-state index >= 15 is 0 Å². The third kappa shape index (κ3) is 4.16. The molecule has 0 spiro atoms. The summed E-state index contributed by atoms with van der Waals surface area (Å²) in [6, 6.07) is 16.9. The van der Waals surface area contributed by atoms with Crippen LogP contribution in [0.1, 0.15) is 15.9 Å². The summed E-state index contributed by atoms with van der Waals surface area (Å²) in [6.07, 6.45) is 1.50. The fraction of sp³-hybridized carbons (Fsp3) is 0.100. The molecule has 26 heavy (non-hydrogen) atoms. The summed E-state index contributed by atoms with van der Waals surface area (Å²) in [7, 11) is 1.59. The van der Waals surface area contributed by atoms with E-state index in [-0.39, 0.29) is 11.7 Å². The van der Waals surface area contributed by atoms with Gasteiger partial charge in [-0.25, -0.2) is 9.37 Å². The quantitative estimate of drug-likeness (QED) is 0.707. The molecular weight excluding hydrogens is 333 g/mol. The number of pyridine rings is 1. The number of nitrogens with zero attached hydrogens (tertiary/aromatic N) is 1. The topological polar surface area (TPSA) is 63.2 Å². The Morgan fingerprint density at radius 2 is 1.88 bits per heavy atom. The molecule has 132 valence electrons. The summed E-state index contributed by atoms with van der Waals surface area (Å²) >= 11 is 0. The van der Waals surface area contributed by atoms with Crippen molar-refractivity contribution in [3.8, 4) is 5.75 Å². The lowest BCUT2D eigenvalue weighted by Gasteiger charge is -2.11. The lowest BCUT2D eigenvalue weighted by atomic mass is 10.2. The number of para-hydroxylation sites is 2. The summed E-state index contributed by atoms with van der Waals surface area (Å²) in [5.41, 5.74) is 1.60. The van der Waals surface area contributed by atoms with Crippen molar-refractivity contribution >= 4 is 17.4 Å². The van der Waals surface area contributed by atoms with Crippen LogP contribution in [0.5, 0.6) is 5.75 Å². The molecule has 6 heteroatoms. The number of amides is 1. The second-order valence-electron chi connectivity index (χ2n) is 5.53. The van der Waals surface area contributed by atoms with Crippen LogP contribution in [0.3, 0.4) is 0 Å². The number of rotatable bonds is 6. The van der Waals surface area contributed by atoms with E-state index in [1.807, 2.05) is 24.3 Å². The highest BCUT2D eigenvalue weighted by atomic mass is 19.1. The van der Waals surface area contributed by atoms with E-state index < -0.39 is 0 Å². The monoisotopic (exact) mass is 351 g/mol. The first-order valence-corrected chi connectivity index (χ1v) is 8.05. The first kappa shape index (κ1) is 17.4. The number of ether oxygens (including phenoxy) is 1. The number of aromatic nitrogens is 1. The molecule has 0 bridgehead atoms. The standard InChI is InChI=1S/C20H18FN3O2/c1-26-18-9-5-2-6-15(18)13-23-20(25)14-10-11-22-19(12-14)24-17-8-4-3-7-16(17)21/h2-12H,13H2,1H3,(H,22,24)(H,23,25). The van der Waals surface area contributed by atoms with Crippen LogP contribution >= 0.6 is 0 Å². The van der Waals surface area contributed by atoms with E-state index in [4.69, 9.17) is 4.74 Å². The molecule has 5 nitrogen and oxygen atoms in total. The molecule has 1 aromatic heterocycles. The smallest absolute Gasteiger partial charge is 0.251 e. The van der Waals surface area contributed by atoms with Crippen molar-refractivity contribution in [1.29, 1.82) is 0 Å². The molecule has 0 saturated heterocycles. The van der Waals surface area contributed by atoms with Crippen molar-refractivity contribution in [2.75, 3.05) is 12.4 Å². The third-order valence-electron chi connectivity index (χ3n) is 3.79. The average Bonchev–Trinajstić information content (AvgIpc) is 2.68. The molecule has 0 aliphatic rings. The van der Waals surface area contributed by atoms with Crippen molar-refractivity contribution in [3.05, 3.63) is 83.8 Å². The fourth-order valence-corrected chi connectivity index (χ4v) is 2.47. The molecule has 3 aromatic rings. The zero-order chi connectivity index (χ0) is 18.4. The molecule has 0 saturated carbocycles. The second kappa shape index (κ2) is 8.11. The maximum atomic E-state index is 13.7. The van der Waals surface area contributed by atoms with E-state index in [1.54, 1.807) is 37.4 Å². The van der Waals surface area contributed by atoms with Crippen LogP contribution in [0.4, 0.5) is 15.9 Å². The molecule has 0 fully saturated rings. The molecule has 0 aliphatic carbocycles. The first-order valence-electron chi connectivity index (χ1n) is 8.05. The molecule has 2 aromatic carbocycles. The largest absolute Gasteiger partial charge is 0.496 e. The van der Waals surface area contributed by atoms with Crippen molar-refractivity contribution in [2.45, 2.75) is 6.54 Å². The first-order chi connectivity index (χ1) is 12.7. The summed E-state index contributed by atoms with van der Waals surface area (Å²) in [5, 5.41) is 5.72. The molecular formula is C20H18FN3O2. The van der Waals surface area contributed by atoms with Crippen molar-refractivity contribution in [1.82, 2.24) is 10.3 Å². The minimum absolute atomic E-state index is 0.255. The number of carbonyl (C=O) groups is 1. The molecule has 0 aliphatic heterocycles. The Balaban J connectivity index is 1.69. The predicted molar refractivity (Wildman–Crippen MR) is 98.1 cm³/mol. The SMILES string of the molecule is COc1ccccc1CNC(=O)c1ccnc(Nc2ccccc2F)c1. The Morgan fingerprint density at radius 1 is 1.12 bits per heavy atom. The van der Waals surface area contributed by atoms with Gasteiger partial charge in [-0.1, -0.05) is 30.3 Å². The van der Waals surface area contributed by atoms with Crippen LogP contribution in [-0.2, 0) is 6.54 Å². The fourth-order valence-electron chi connectivity index (χ4n) is 2.47. The predicted octanol–water partition coefficient (Wildman–Crippen LogP) is 3.90. The average molecular weight is 351 g/mol. The molecule has 0 atom stereocenters. The Labute approximate surface area is 150 Å². The Bertz CT molecular complexity index is 915. The van der Waals surface area contributed by atoms with Gasteiger partial charge in [-0.2, -0.15) is 0 Å². The number of carbonyl (C=O) groups excluding carboxylic acids is 1. The van der Waals surface area contributed by atoms with Gasteiger partial charge in [-0.15, -0.1) is 0 Å². The summed E-state index contributed by atoms with van der Waals surface area (Å²) in [5.74, 6) is 0.458. The summed E-state index contributed by atoms with van der Waals surface area (Å²) in [4.78, 5) is 16.5. The summed E-state index contributed by atoms with van der Waals surface area (Å²) < 4.78 is 19.0. The van der Waals surface area contributed by atoms with Crippen LogP contribution in [-0.4, -0.2) is 18.0 Å². The van der Waals surface area contributed by atoms with Crippen LogP contribution in [0.15, 0.2) is 66.9 Å². The van der Waals surface area contributed by atoms with Crippen LogP contribution in [0, 0.1) is 5.82 Å². The number of anilines is 2. The van der Waals surface area contributed by atoms with E-state index in [9.17, 15) is 9.18 Å². The molecule has 0 radical (unpaired) electrons. The number of halogens is 1. The van der Waals surface area contributed by atoms with Crippen molar-refractivity contribution in [3.63, 3.8) is 0 Å². The van der Waals surface area contributed by atoms with Crippen molar-refractivity contribution in [2.24, 2.45) is 0 Å².